The Labute approximate surface area is 405 Å². The summed E-state index contributed by atoms with van der Waals surface area (Å²) >= 11 is 25.9. The molecule has 4 aromatic carbocycles. The van der Waals surface area contributed by atoms with Crippen molar-refractivity contribution in [2.45, 2.75) is 64.4 Å². The molecular weight excluding hydrogens is 992 g/mol. The van der Waals surface area contributed by atoms with Gasteiger partial charge in [0.2, 0.25) is 0 Å². The number of thiazole rings is 2. The molecule has 2 aromatic heterocycles. The number of benzene rings is 4. The Bertz CT molecular complexity index is 2570. The number of hydrogen-bond acceptors (Lipinski definition) is 9. The van der Waals surface area contributed by atoms with Gasteiger partial charge in [-0.3, -0.25) is 9.59 Å². The maximum atomic E-state index is 13.2. The first kappa shape index (κ1) is 52.4. The van der Waals surface area contributed by atoms with E-state index in [0.29, 0.717) is 27.4 Å². The summed E-state index contributed by atoms with van der Waals surface area (Å²) in [6.45, 7) is 5.51. The molecule has 6 aromatic rings. The number of carboxylic acids is 1. The van der Waals surface area contributed by atoms with E-state index in [9.17, 15) is 41.0 Å². The molecule has 0 aliphatic rings. The zero-order valence-electron chi connectivity index (χ0n) is 35.3. The molecule has 6 rings (SSSR count). The molecule has 0 amide bonds. The predicted octanol–water partition coefficient (Wildman–Crippen LogP) is 14.4. The van der Waals surface area contributed by atoms with Gasteiger partial charge in [0.1, 0.15) is 5.60 Å². The third-order valence-electron chi connectivity index (χ3n) is 9.24. The molecule has 0 aliphatic carbocycles. The van der Waals surface area contributed by atoms with Crippen LogP contribution in [0.1, 0.15) is 42.5 Å². The fourth-order valence-electron chi connectivity index (χ4n) is 6.29. The number of nitrogens with zero attached hydrogens (tertiary/aromatic N) is 2. The molecule has 0 fully saturated rings. The zero-order valence-corrected chi connectivity index (χ0v) is 40.0. The minimum absolute atomic E-state index is 0.00308. The minimum Gasteiger partial charge on any atom is -0.481 e. The van der Waals surface area contributed by atoms with Crippen LogP contribution >= 0.6 is 69.1 Å². The molecule has 2 heterocycles. The number of halogens is 10. The fourth-order valence-corrected chi connectivity index (χ4v) is 8.89. The van der Waals surface area contributed by atoms with Crippen LogP contribution in [0.3, 0.4) is 0 Å². The number of hydrogen-bond donors (Lipinski definition) is 3. The largest absolute Gasteiger partial charge is 0.481 e. The smallest absolute Gasteiger partial charge is 0.394 e. The molecule has 0 aliphatic heterocycles. The Morgan fingerprint density at radius 3 is 1.64 bits per heavy atom. The number of aliphatic carboxylic acids is 1. The van der Waals surface area contributed by atoms with Crippen LogP contribution in [-0.2, 0) is 40.0 Å². The van der Waals surface area contributed by atoms with Gasteiger partial charge in [-0.1, -0.05) is 131 Å². The summed E-state index contributed by atoms with van der Waals surface area (Å²) in [6, 6.07) is 27.7. The summed E-state index contributed by atoms with van der Waals surface area (Å²) in [4.78, 5) is 33.3. The van der Waals surface area contributed by atoms with Crippen molar-refractivity contribution in [3.8, 4) is 21.7 Å². The fraction of sp³-hybridized carbons (Fsp3) is 0.304. The van der Waals surface area contributed by atoms with Gasteiger partial charge in [-0.25, -0.2) is 9.97 Å². The number of carbonyl (C=O) groups excluding carboxylic acids is 1. The normalized spacial score (nSPS) is 12.7. The number of alkyl halides is 6. The van der Waals surface area contributed by atoms with Gasteiger partial charge in [0.25, 0.3) is 0 Å². The summed E-state index contributed by atoms with van der Waals surface area (Å²) in [5.74, 6) is -2.75. The number of nitrogens with one attached hydrogen (secondary N) is 2. The number of carboxylic acid groups (broad SMARTS) is 1. The van der Waals surface area contributed by atoms with E-state index < -0.39 is 54.6 Å². The maximum Gasteiger partial charge on any atom is 0.394 e. The highest BCUT2D eigenvalue weighted by Crippen LogP contribution is 2.40. The van der Waals surface area contributed by atoms with Crippen LogP contribution in [0.25, 0.3) is 21.7 Å². The second kappa shape index (κ2) is 22.9. The van der Waals surface area contributed by atoms with Crippen LogP contribution in [0.15, 0.2) is 97.1 Å². The predicted molar refractivity (Wildman–Crippen MR) is 252 cm³/mol. The lowest BCUT2D eigenvalue weighted by Gasteiger charge is -2.24. The van der Waals surface area contributed by atoms with E-state index in [1.807, 2.05) is 60.7 Å². The van der Waals surface area contributed by atoms with Gasteiger partial charge in [0.05, 0.1) is 61.0 Å². The highest BCUT2D eigenvalue weighted by atomic mass is 35.5. The molecule has 0 bridgehead atoms. The van der Waals surface area contributed by atoms with Gasteiger partial charge in [0.15, 0.2) is 10.3 Å². The van der Waals surface area contributed by atoms with Crippen LogP contribution in [0.5, 0.6) is 0 Å². The first-order valence-electron chi connectivity index (χ1n) is 20.0. The van der Waals surface area contributed by atoms with Gasteiger partial charge in [-0.2, -0.15) is 26.3 Å². The number of rotatable bonds is 16. The monoisotopic (exact) mass is 1030 g/mol. The lowest BCUT2D eigenvalue weighted by Crippen LogP contribution is -2.33. The highest BCUT2D eigenvalue weighted by Gasteiger charge is 2.33. The van der Waals surface area contributed by atoms with Crippen molar-refractivity contribution in [3.05, 3.63) is 139 Å². The van der Waals surface area contributed by atoms with E-state index in [2.05, 4.69) is 20.6 Å². The Kier molecular flexibility index (Phi) is 18.2. The Hall–Kier alpha value is -4.58. The molecule has 0 spiro atoms. The summed E-state index contributed by atoms with van der Waals surface area (Å²) in [5.41, 5.74) is 2.02. The van der Waals surface area contributed by atoms with Crippen molar-refractivity contribution >= 4 is 91.3 Å². The topological polar surface area (TPSA) is 113 Å². The van der Waals surface area contributed by atoms with Crippen molar-refractivity contribution in [2.75, 3.05) is 23.7 Å². The van der Waals surface area contributed by atoms with Gasteiger partial charge in [0, 0.05) is 23.5 Å². The van der Waals surface area contributed by atoms with Crippen molar-refractivity contribution in [2.24, 2.45) is 11.8 Å². The molecule has 66 heavy (non-hydrogen) atoms. The van der Waals surface area contributed by atoms with Crippen molar-refractivity contribution in [3.63, 3.8) is 0 Å². The van der Waals surface area contributed by atoms with E-state index in [1.165, 1.54) is 24.3 Å². The molecule has 2 atom stereocenters. The van der Waals surface area contributed by atoms with Crippen LogP contribution in [0.2, 0.25) is 20.1 Å². The molecule has 2 unspecified atom stereocenters. The van der Waals surface area contributed by atoms with Crippen LogP contribution < -0.4 is 10.6 Å². The third-order valence-corrected chi connectivity index (χ3v) is 12.8. The van der Waals surface area contributed by atoms with E-state index in [-0.39, 0.29) is 61.1 Å². The first-order valence-corrected chi connectivity index (χ1v) is 23.1. The molecular formula is C46H42Cl4F6N4O4S2. The molecule has 352 valence electrons. The number of carbonyl (C=O) groups is 2. The van der Waals surface area contributed by atoms with Crippen molar-refractivity contribution in [1.82, 2.24) is 9.97 Å². The lowest BCUT2D eigenvalue weighted by molar-refractivity contribution is -0.159. The average Bonchev–Trinajstić information content (AvgIpc) is 3.81. The van der Waals surface area contributed by atoms with Crippen LogP contribution in [0, 0.1) is 11.8 Å². The second-order valence-corrected chi connectivity index (χ2v) is 19.5. The molecule has 8 nitrogen and oxygen atoms in total. The standard InChI is InChI=1S/C25H25Cl2F3N2O2S.C21H17Cl2F3N2O2S/c1-24(2,3)34-22(33)17(11-15-7-5-4-6-8-15)14-31-23-32-20(13-25(28,29)30)21(35-23)16-9-10-18(26)19(27)12-16;22-15-7-6-13(9-16(15)23)18-17(10-21(24,25)26)31-20(28-18)27-11-14(19(29)30)8-12-4-2-1-3-5-12/h4-10,12,17H,11,13-14H2,1-3H3,(H,31,32);1-7,9,14H,8,10-11H2,(H,27,28)(H,29,30). The molecule has 0 saturated carbocycles. The van der Waals surface area contributed by atoms with Crippen LogP contribution in [0.4, 0.5) is 36.6 Å². The molecule has 20 heteroatoms. The van der Waals surface area contributed by atoms with Gasteiger partial charge in [-0.15, -0.1) is 11.3 Å². The maximum absolute atomic E-state index is 13.2. The quantitative estimate of drug-likeness (QED) is 0.0649. The van der Waals surface area contributed by atoms with Gasteiger partial charge in [-0.05, 0) is 74.6 Å². The third kappa shape index (κ3) is 16.6. The summed E-state index contributed by atoms with van der Waals surface area (Å²) in [7, 11) is 0. The summed E-state index contributed by atoms with van der Waals surface area (Å²) in [5, 5.41) is 17.0. The number of aromatic nitrogens is 2. The Morgan fingerprint density at radius 1 is 0.652 bits per heavy atom. The van der Waals surface area contributed by atoms with E-state index in [1.54, 1.807) is 32.9 Å². The Morgan fingerprint density at radius 2 is 1.14 bits per heavy atom. The van der Waals surface area contributed by atoms with E-state index >= 15 is 0 Å². The first-order chi connectivity index (χ1) is 30.9. The SMILES string of the molecule is CC(C)(C)OC(=O)C(CNc1nc(CC(F)(F)F)c(-c2ccc(Cl)c(Cl)c2)s1)Cc1ccccc1.O=C(O)C(CNc1nc(-c2ccc(Cl)c(Cl)c2)c(CC(F)(F)F)s1)Cc1ccccc1. The lowest BCUT2D eigenvalue weighted by atomic mass is 9.99. The summed E-state index contributed by atoms with van der Waals surface area (Å²) < 4.78 is 84.6. The number of ether oxygens (including phenoxy) is 1. The van der Waals surface area contributed by atoms with Crippen LogP contribution in [-0.4, -0.2) is 58.1 Å². The van der Waals surface area contributed by atoms with Crippen molar-refractivity contribution in [1.29, 1.82) is 0 Å². The average molecular weight is 1030 g/mol. The van der Waals surface area contributed by atoms with E-state index in [4.69, 9.17) is 51.1 Å². The minimum atomic E-state index is -4.44. The van der Waals surface area contributed by atoms with E-state index in [0.717, 1.165) is 33.8 Å². The molecule has 0 saturated heterocycles. The molecule has 0 radical (unpaired) electrons. The summed E-state index contributed by atoms with van der Waals surface area (Å²) in [6.07, 6.45) is -10.5. The second-order valence-electron chi connectivity index (χ2n) is 15.8. The number of anilines is 2. The Balaban J connectivity index is 0.000000249. The molecule has 3 N–H and O–H groups in total. The zero-order chi connectivity index (χ0) is 48.4. The highest BCUT2D eigenvalue weighted by molar-refractivity contribution is 7.19. The van der Waals surface area contributed by atoms with Gasteiger partial charge >= 0.3 is 24.3 Å². The number of esters is 1. The van der Waals surface area contributed by atoms with Gasteiger partial charge < -0.3 is 20.5 Å². The van der Waals surface area contributed by atoms with Crippen molar-refractivity contribution < 1.29 is 45.8 Å².